The summed E-state index contributed by atoms with van der Waals surface area (Å²) in [6, 6.07) is 11.1. The van der Waals surface area contributed by atoms with E-state index in [0.717, 1.165) is 4.90 Å². The van der Waals surface area contributed by atoms with Gasteiger partial charge in [-0.25, -0.2) is 4.79 Å². The van der Waals surface area contributed by atoms with Crippen molar-refractivity contribution >= 4 is 29.3 Å². The maximum absolute atomic E-state index is 11.8. The Labute approximate surface area is 126 Å². The number of nitrogens with zero attached hydrogens (tertiary/aromatic N) is 1. The van der Waals surface area contributed by atoms with Crippen LogP contribution in [0.3, 0.4) is 0 Å². The van der Waals surface area contributed by atoms with Gasteiger partial charge in [-0.05, 0) is 18.2 Å². The van der Waals surface area contributed by atoms with Crippen molar-refractivity contribution in [2.75, 3.05) is 11.1 Å². The van der Waals surface area contributed by atoms with Gasteiger partial charge in [-0.1, -0.05) is 18.2 Å². The number of aromatic carboxylic acids is 1. The van der Waals surface area contributed by atoms with Gasteiger partial charge in [-0.2, -0.15) is 0 Å². The molecule has 6 heteroatoms. The molecule has 1 aromatic carbocycles. The summed E-state index contributed by atoms with van der Waals surface area (Å²) in [5.74, 6) is -0.696. The van der Waals surface area contributed by atoms with Gasteiger partial charge >= 0.3 is 5.97 Å². The van der Waals surface area contributed by atoms with Crippen LogP contribution in [0.4, 0.5) is 5.69 Å². The number of rotatable bonds is 6. The smallest absolute Gasteiger partial charge is 0.337 e. The molecule has 0 aliphatic rings. The first kappa shape index (κ1) is 15.1. The number of carboxylic acid groups (broad SMARTS) is 1. The van der Waals surface area contributed by atoms with E-state index in [2.05, 4.69) is 10.3 Å². The maximum Gasteiger partial charge on any atom is 0.337 e. The van der Waals surface area contributed by atoms with Crippen molar-refractivity contribution < 1.29 is 14.7 Å². The number of hydrogen-bond acceptors (Lipinski definition) is 4. The van der Waals surface area contributed by atoms with Crippen LogP contribution < -0.4 is 5.32 Å². The number of carbonyl (C=O) groups is 2. The number of anilines is 1. The number of carboxylic acids is 1. The van der Waals surface area contributed by atoms with Crippen LogP contribution in [-0.2, 0) is 4.79 Å². The van der Waals surface area contributed by atoms with E-state index in [9.17, 15) is 9.59 Å². The average molecular weight is 302 g/mol. The molecule has 2 rings (SSSR count). The number of carbonyl (C=O) groups excluding carboxylic acids is 1. The Balaban J connectivity index is 1.86. The van der Waals surface area contributed by atoms with Crippen molar-refractivity contribution in [3.05, 3.63) is 54.4 Å². The number of benzene rings is 1. The lowest BCUT2D eigenvalue weighted by Crippen LogP contribution is -2.15. The molecule has 0 saturated carbocycles. The Hall–Kier alpha value is -2.34. The van der Waals surface area contributed by atoms with Crippen molar-refractivity contribution in [2.24, 2.45) is 0 Å². The highest BCUT2D eigenvalue weighted by molar-refractivity contribution is 7.99. The third-order valence-corrected chi connectivity index (χ3v) is 3.68. The molecule has 0 bridgehead atoms. The molecular formula is C15H14N2O3S. The molecular weight excluding hydrogens is 288 g/mol. The molecule has 0 radical (unpaired) electrons. The third-order valence-electron chi connectivity index (χ3n) is 2.67. The van der Waals surface area contributed by atoms with Gasteiger partial charge < -0.3 is 10.4 Å². The fourth-order valence-electron chi connectivity index (χ4n) is 1.67. The molecule has 1 aromatic heterocycles. The van der Waals surface area contributed by atoms with Crippen molar-refractivity contribution in [1.29, 1.82) is 0 Å². The van der Waals surface area contributed by atoms with Gasteiger partial charge in [0, 0.05) is 23.3 Å². The second-order valence-electron chi connectivity index (χ2n) is 4.19. The zero-order valence-corrected chi connectivity index (χ0v) is 12.0. The fourth-order valence-corrected chi connectivity index (χ4v) is 2.54. The van der Waals surface area contributed by atoms with Gasteiger partial charge in [0.25, 0.3) is 0 Å². The molecule has 0 aliphatic heterocycles. The molecule has 0 aliphatic carbocycles. The van der Waals surface area contributed by atoms with E-state index in [1.165, 1.54) is 18.5 Å². The summed E-state index contributed by atoms with van der Waals surface area (Å²) in [7, 11) is 0. The highest BCUT2D eigenvalue weighted by Crippen LogP contribution is 2.18. The molecule has 21 heavy (non-hydrogen) atoms. The van der Waals surface area contributed by atoms with Crippen molar-refractivity contribution in [3.8, 4) is 0 Å². The van der Waals surface area contributed by atoms with E-state index >= 15 is 0 Å². The topological polar surface area (TPSA) is 79.3 Å². The lowest BCUT2D eigenvalue weighted by atomic mass is 10.2. The van der Waals surface area contributed by atoms with Crippen molar-refractivity contribution in [1.82, 2.24) is 4.98 Å². The minimum Gasteiger partial charge on any atom is -0.478 e. The molecule has 108 valence electrons. The van der Waals surface area contributed by atoms with Gasteiger partial charge in [0.2, 0.25) is 5.91 Å². The normalized spacial score (nSPS) is 10.1. The molecule has 1 heterocycles. The lowest BCUT2D eigenvalue weighted by molar-refractivity contribution is -0.115. The SMILES string of the molecule is O=C(CCSc1ccccc1)Nc1cnccc1C(=O)O. The molecule has 0 atom stereocenters. The highest BCUT2D eigenvalue weighted by Gasteiger charge is 2.12. The minimum absolute atomic E-state index is 0.0362. The Bertz CT molecular complexity index is 632. The van der Waals surface area contributed by atoms with Crippen LogP contribution in [0.15, 0.2) is 53.7 Å². The van der Waals surface area contributed by atoms with Crippen LogP contribution in [0, 0.1) is 0 Å². The summed E-state index contributed by atoms with van der Waals surface area (Å²) in [6.45, 7) is 0. The van der Waals surface area contributed by atoms with Gasteiger partial charge in [0.15, 0.2) is 0 Å². The average Bonchev–Trinajstić information content (AvgIpc) is 2.48. The summed E-state index contributed by atoms with van der Waals surface area (Å²) in [6.07, 6.45) is 3.02. The Morgan fingerprint density at radius 1 is 1.19 bits per heavy atom. The number of amides is 1. The van der Waals surface area contributed by atoms with E-state index < -0.39 is 5.97 Å². The van der Waals surface area contributed by atoms with Gasteiger partial charge in [-0.3, -0.25) is 9.78 Å². The van der Waals surface area contributed by atoms with Gasteiger partial charge in [-0.15, -0.1) is 11.8 Å². The second-order valence-corrected chi connectivity index (χ2v) is 5.35. The van der Waals surface area contributed by atoms with Crippen LogP contribution in [0.1, 0.15) is 16.8 Å². The first-order chi connectivity index (χ1) is 10.2. The summed E-state index contributed by atoms with van der Waals surface area (Å²) in [5, 5.41) is 11.6. The quantitative estimate of drug-likeness (QED) is 0.802. The highest BCUT2D eigenvalue weighted by atomic mass is 32.2. The van der Waals surface area contributed by atoms with E-state index in [1.807, 2.05) is 30.3 Å². The zero-order valence-electron chi connectivity index (χ0n) is 11.2. The molecule has 0 fully saturated rings. The number of nitrogens with one attached hydrogen (secondary N) is 1. The monoisotopic (exact) mass is 302 g/mol. The van der Waals surface area contributed by atoms with Crippen molar-refractivity contribution in [2.45, 2.75) is 11.3 Å². The molecule has 2 N–H and O–H groups in total. The largest absolute Gasteiger partial charge is 0.478 e. The summed E-state index contributed by atoms with van der Waals surface area (Å²) in [5.41, 5.74) is 0.258. The predicted molar refractivity (Wildman–Crippen MR) is 81.6 cm³/mol. The standard InChI is InChI=1S/C15H14N2O3S/c18-14(7-9-21-11-4-2-1-3-5-11)17-13-10-16-8-6-12(13)15(19)20/h1-6,8,10H,7,9H2,(H,17,18)(H,19,20). The predicted octanol–water partition coefficient (Wildman–Crippen LogP) is 2.90. The minimum atomic E-state index is -1.09. The van der Waals surface area contributed by atoms with E-state index in [-0.39, 0.29) is 17.2 Å². The lowest BCUT2D eigenvalue weighted by Gasteiger charge is -2.07. The first-order valence-corrected chi connectivity index (χ1v) is 7.30. The second kappa shape index (κ2) is 7.44. The molecule has 0 saturated heterocycles. The fraction of sp³-hybridized carbons (Fsp3) is 0.133. The van der Waals surface area contributed by atoms with E-state index in [4.69, 9.17) is 5.11 Å². The third kappa shape index (κ3) is 4.61. The van der Waals surface area contributed by atoms with Gasteiger partial charge in [0.1, 0.15) is 0 Å². The number of pyridine rings is 1. The zero-order chi connectivity index (χ0) is 15.1. The van der Waals surface area contributed by atoms with Crippen LogP contribution in [0.25, 0.3) is 0 Å². The summed E-state index contributed by atoms with van der Waals surface area (Å²) < 4.78 is 0. The number of aromatic nitrogens is 1. The van der Waals surface area contributed by atoms with Crippen LogP contribution in [-0.4, -0.2) is 27.7 Å². The molecule has 0 spiro atoms. The van der Waals surface area contributed by atoms with Gasteiger partial charge in [0.05, 0.1) is 17.4 Å². The number of hydrogen-bond donors (Lipinski definition) is 2. The van der Waals surface area contributed by atoms with Crippen LogP contribution in [0.2, 0.25) is 0 Å². The van der Waals surface area contributed by atoms with Crippen molar-refractivity contribution in [3.63, 3.8) is 0 Å². The van der Waals surface area contributed by atoms with E-state index in [1.54, 1.807) is 11.8 Å². The molecule has 2 aromatic rings. The molecule has 5 nitrogen and oxygen atoms in total. The summed E-state index contributed by atoms with van der Waals surface area (Å²) in [4.78, 5) is 27.8. The molecule has 1 amide bonds. The Morgan fingerprint density at radius 2 is 1.95 bits per heavy atom. The summed E-state index contributed by atoms with van der Waals surface area (Å²) >= 11 is 1.58. The van der Waals surface area contributed by atoms with Crippen LogP contribution in [0.5, 0.6) is 0 Å². The Morgan fingerprint density at radius 3 is 2.67 bits per heavy atom. The maximum atomic E-state index is 11.8. The Kier molecular flexibility index (Phi) is 5.34. The van der Waals surface area contributed by atoms with Crippen LogP contribution >= 0.6 is 11.8 Å². The molecule has 0 unspecified atom stereocenters. The first-order valence-electron chi connectivity index (χ1n) is 6.32. The van der Waals surface area contributed by atoms with E-state index in [0.29, 0.717) is 12.2 Å². The number of thioether (sulfide) groups is 1.